The van der Waals surface area contributed by atoms with Crippen molar-refractivity contribution in [3.05, 3.63) is 0 Å². The monoisotopic (exact) mass is 224 g/mol. The fraction of sp³-hybridized carbons (Fsp3) is 0.923. The van der Waals surface area contributed by atoms with Crippen LogP contribution in [-0.4, -0.2) is 37.0 Å². The molecule has 1 atom stereocenters. The Bertz CT molecular complexity index is 232. The first kappa shape index (κ1) is 11.9. The molecule has 0 aromatic heterocycles. The zero-order valence-corrected chi connectivity index (χ0v) is 10.4. The van der Waals surface area contributed by atoms with Crippen molar-refractivity contribution in [2.24, 2.45) is 5.92 Å². The Hall–Kier alpha value is -0.570. The lowest BCUT2D eigenvalue weighted by Gasteiger charge is -2.30. The van der Waals surface area contributed by atoms with E-state index in [1.54, 1.807) is 0 Å². The summed E-state index contributed by atoms with van der Waals surface area (Å²) in [6, 6.07) is 0.598. The summed E-state index contributed by atoms with van der Waals surface area (Å²) in [6.45, 7) is 2.12. The van der Waals surface area contributed by atoms with Gasteiger partial charge in [-0.25, -0.2) is 0 Å². The molecule has 0 bridgehead atoms. The fourth-order valence-electron chi connectivity index (χ4n) is 2.66. The molecule has 1 aliphatic heterocycles. The molecular formula is C13H24N2O. The SMILES string of the molecule is CN(CC1CCC1)C(=O)CCC1CCCN1. The highest BCUT2D eigenvalue weighted by Crippen LogP contribution is 2.26. The zero-order valence-electron chi connectivity index (χ0n) is 10.4. The molecule has 0 aromatic rings. The third-order valence-electron chi connectivity index (χ3n) is 4.05. The van der Waals surface area contributed by atoms with Crippen LogP contribution in [0, 0.1) is 5.92 Å². The molecule has 0 radical (unpaired) electrons. The molecule has 1 saturated carbocycles. The molecule has 0 spiro atoms. The van der Waals surface area contributed by atoms with E-state index in [4.69, 9.17) is 0 Å². The van der Waals surface area contributed by atoms with Crippen LogP contribution in [0.15, 0.2) is 0 Å². The molecule has 3 heteroatoms. The smallest absolute Gasteiger partial charge is 0.222 e. The summed E-state index contributed by atoms with van der Waals surface area (Å²) in [7, 11) is 1.96. The molecule has 0 aromatic carbocycles. The molecule has 1 heterocycles. The predicted molar refractivity (Wildman–Crippen MR) is 65.2 cm³/mol. The van der Waals surface area contributed by atoms with Crippen LogP contribution in [-0.2, 0) is 4.79 Å². The summed E-state index contributed by atoms with van der Waals surface area (Å²) in [6.07, 6.45) is 8.27. The number of carbonyl (C=O) groups is 1. The molecule has 3 nitrogen and oxygen atoms in total. The highest BCUT2D eigenvalue weighted by Gasteiger charge is 2.22. The van der Waals surface area contributed by atoms with Crippen molar-refractivity contribution in [1.29, 1.82) is 0 Å². The lowest BCUT2D eigenvalue weighted by Crippen LogP contribution is -2.35. The van der Waals surface area contributed by atoms with E-state index in [2.05, 4.69) is 5.32 Å². The number of amides is 1. The van der Waals surface area contributed by atoms with Crippen LogP contribution in [0.1, 0.15) is 44.9 Å². The van der Waals surface area contributed by atoms with Crippen molar-refractivity contribution in [2.45, 2.75) is 51.0 Å². The van der Waals surface area contributed by atoms with Crippen molar-refractivity contribution in [1.82, 2.24) is 10.2 Å². The standard InChI is InChI=1S/C13H24N2O/c1-15(10-11-4-2-5-11)13(16)8-7-12-6-3-9-14-12/h11-12,14H,2-10H2,1H3. The Balaban J connectivity index is 1.61. The van der Waals surface area contributed by atoms with Crippen molar-refractivity contribution in [3.63, 3.8) is 0 Å². The van der Waals surface area contributed by atoms with Gasteiger partial charge in [-0.1, -0.05) is 6.42 Å². The van der Waals surface area contributed by atoms with Gasteiger partial charge in [0, 0.05) is 26.1 Å². The van der Waals surface area contributed by atoms with E-state index in [0.717, 1.165) is 31.8 Å². The average molecular weight is 224 g/mol. The second-order valence-electron chi connectivity index (χ2n) is 5.40. The third kappa shape index (κ3) is 3.21. The fourth-order valence-corrected chi connectivity index (χ4v) is 2.66. The van der Waals surface area contributed by atoms with Crippen molar-refractivity contribution in [3.8, 4) is 0 Å². The molecule has 1 unspecified atom stereocenters. The number of rotatable bonds is 5. The molecule has 1 aliphatic carbocycles. The molecule has 1 saturated heterocycles. The van der Waals surface area contributed by atoms with E-state index in [1.165, 1.54) is 32.1 Å². The van der Waals surface area contributed by atoms with Crippen LogP contribution < -0.4 is 5.32 Å². The van der Waals surface area contributed by atoms with E-state index in [9.17, 15) is 4.79 Å². The maximum absolute atomic E-state index is 11.9. The third-order valence-corrected chi connectivity index (χ3v) is 4.05. The zero-order chi connectivity index (χ0) is 11.4. The van der Waals surface area contributed by atoms with Gasteiger partial charge in [-0.05, 0) is 44.6 Å². The molecular weight excluding hydrogens is 200 g/mol. The average Bonchev–Trinajstić information content (AvgIpc) is 2.72. The highest BCUT2D eigenvalue weighted by atomic mass is 16.2. The molecule has 92 valence electrons. The first-order valence-corrected chi connectivity index (χ1v) is 6.73. The minimum Gasteiger partial charge on any atom is -0.345 e. The van der Waals surface area contributed by atoms with Gasteiger partial charge in [0.2, 0.25) is 5.91 Å². The molecule has 16 heavy (non-hydrogen) atoms. The molecule has 2 aliphatic rings. The summed E-state index contributed by atoms with van der Waals surface area (Å²) >= 11 is 0. The van der Waals surface area contributed by atoms with Crippen LogP contribution in [0.3, 0.4) is 0 Å². The number of carbonyl (C=O) groups excluding carboxylic acids is 1. The van der Waals surface area contributed by atoms with Gasteiger partial charge in [-0.3, -0.25) is 4.79 Å². The molecule has 2 fully saturated rings. The lowest BCUT2D eigenvalue weighted by atomic mass is 9.85. The Kier molecular flexibility index (Phi) is 4.22. The van der Waals surface area contributed by atoms with Gasteiger partial charge in [0.05, 0.1) is 0 Å². The Morgan fingerprint density at radius 1 is 1.31 bits per heavy atom. The van der Waals surface area contributed by atoms with Crippen LogP contribution in [0.5, 0.6) is 0 Å². The first-order chi connectivity index (χ1) is 7.75. The summed E-state index contributed by atoms with van der Waals surface area (Å²) in [4.78, 5) is 13.8. The van der Waals surface area contributed by atoms with E-state index >= 15 is 0 Å². The predicted octanol–water partition coefficient (Wildman–Crippen LogP) is 1.78. The molecule has 1 amide bonds. The van der Waals surface area contributed by atoms with Gasteiger partial charge < -0.3 is 10.2 Å². The topological polar surface area (TPSA) is 32.3 Å². The van der Waals surface area contributed by atoms with Gasteiger partial charge >= 0.3 is 0 Å². The summed E-state index contributed by atoms with van der Waals surface area (Å²) in [5.41, 5.74) is 0. The van der Waals surface area contributed by atoms with Crippen molar-refractivity contribution in [2.75, 3.05) is 20.1 Å². The summed E-state index contributed by atoms with van der Waals surface area (Å²) < 4.78 is 0. The van der Waals surface area contributed by atoms with Crippen molar-refractivity contribution >= 4 is 5.91 Å². The summed E-state index contributed by atoms with van der Waals surface area (Å²) in [5, 5.41) is 3.44. The number of nitrogens with zero attached hydrogens (tertiary/aromatic N) is 1. The second-order valence-corrected chi connectivity index (χ2v) is 5.40. The maximum atomic E-state index is 11.9. The molecule has 1 N–H and O–H groups in total. The number of hydrogen-bond donors (Lipinski definition) is 1. The van der Waals surface area contributed by atoms with Crippen molar-refractivity contribution < 1.29 is 4.79 Å². The van der Waals surface area contributed by atoms with Crippen LogP contribution in [0.4, 0.5) is 0 Å². The summed E-state index contributed by atoms with van der Waals surface area (Å²) in [5.74, 6) is 1.12. The Labute approximate surface area is 98.6 Å². The maximum Gasteiger partial charge on any atom is 0.222 e. The second kappa shape index (κ2) is 5.67. The number of nitrogens with one attached hydrogen (secondary N) is 1. The largest absolute Gasteiger partial charge is 0.345 e. The van der Waals surface area contributed by atoms with Crippen LogP contribution in [0.2, 0.25) is 0 Å². The van der Waals surface area contributed by atoms with E-state index in [-0.39, 0.29) is 0 Å². The van der Waals surface area contributed by atoms with E-state index in [0.29, 0.717) is 11.9 Å². The minimum absolute atomic E-state index is 0.334. The number of hydrogen-bond acceptors (Lipinski definition) is 2. The van der Waals surface area contributed by atoms with E-state index in [1.807, 2.05) is 11.9 Å². The van der Waals surface area contributed by atoms with E-state index < -0.39 is 0 Å². The van der Waals surface area contributed by atoms with Crippen LogP contribution in [0.25, 0.3) is 0 Å². The highest BCUT2D eigenvalue weighted by molar-refractivity contribution is 5.75. The van der Waals surface area contributed by atoms with Gasteiger partial charge in [0.15, 0.2) is 0 Å². The Morgan fingerprint density at radius 2 is 2.12 bits per heavy atom. The van der Waals surface area contributed by atoms with Crippen LogP contribution >= 0.6 is 0 Å². The minimum atomic E-state index is 0.334. The lowest BCUT2D eigenvalue weighted by molar-refractivity contribution is -0.131. The quantitative estimate of drug-likeness (QED) is 0.772. The van der Waals surface area contributed by atoms with Gasteiger partial charge in [-0.2, -0.15) is 0 Å². The van der Waals surface area contributed by atoms with Gasteiger partial charge in [0.25, 0.3) is 0 Å². The first-order valence-electron chi connectivity index (χ1n) is 6.73. The normalized spacial score (nSPS) is 25.4. The molecule has 2 rings (SSSR count). The van der Waals surface area contributed by atoms with Gasteiger partial charge in [-0.15, -0.1) is 0 Å². The Morgan fingerprint density at radius 3 is 2.69 bits per heavy atom. The van der Waals surface area contributed by atoms with Gasteiger partial charge in [0.1, 0.15) is 0 Å².